The molecule has 0 aliphatic rings. The Morgan fingerprint density at radius 3 is 2.50 bits per heavy atom. The summed E-state index contributed by atoms with van der Waals surface area (Å²) in [6, 6.07) is 8.85. The number of nitrogens with one attached hydrogen (secondary N) is 2. The zero-order valence-electron chi connectivity index (χ0n) is 12.6. The Kier molecular flexibility index (Phi) is 4.93. The van der Waals surface area contributed by atoms with Crippen LogP contribution in [0.25, 0.3) is 0 Å². The summed E-state index contributed by atoms with van der Waals surface area (Å²) in [6.07, 6.45) is 2.35. The van der Waals surface area contributed by atoms with Gasteiger partial charge in [0.15, 0.2) is 0 Å². The lowest BCUT2D eigenvalue weighted by Crippen LogP contribution is -2.32. The number of aromatic amines is 1. The Labute approximate surface area is 127 Å². The summed E-state index contributed by atoms with van der Waals surface area (Å²) >= 11 is 0. The van der Waals surface area contributed by atoms with E-state index in [1.54, 1.807) is 0 Å². The third kappa shape index (κ3) is 3.94. The molecule has 1 aromatic carbocycles. The first-order valence-electron chi connectivity index (χ1n) is 7.19. The maximum absolute atomic E-state index is 11.9. The van der Waals surface area contributed by atoms with E-state index in [0.717, 1.165) is 11.0 Å². The lowest BCUT2D eigenvalue weighted by Gasteiger charge is -2.11. The molecule has 0 spiro atoms. The highest BCUT2D eigenvalue weighted by molar-refractivity contribution is 5.90. The highest BCUT2D eigenvalue weighted by atomic mass is 16.2. The number of carbonyl (C=O) groups excluding carboxylic acids is 1. The van der Waals surface area contributed by atoms with E-state index >= 15 is 0 Å². The second kappa shape index (κ2) is 6.89. The molecular formula is C16H19N3O3. The number of nitrogens with zero attached hydrogens (tertiary/aromatic N) is 1. The van der Waals surface area contributed by atoms with Crippen LogP contribution in [0.2, 0.25) is 0 Å². The largest absolute Gasteiger partial charge is 0.328 e. The first-order chi connectivity index (χ1) is 10.5. The van der Waals surface area contributed by atoms with Crippen molar-refractivity contribution >= 4 is 11.6 Å². The highest BCUT2D eigenvalue weighted by Gasteiger charge is 2.07. The molecule has 0 aliphatic heterocycles. The van der Waals surface area contributed by atoms with Crippen LogP contribution in [0.4, 0.5) is 5.69 Å². The topological polar surface area (TPSA) is 84.0 Å². The summed E-state index contributed by atoms with van der Waals surface area (Å²) in [5.74, 6) is 0.148. The minimum Gasteiger partial charge on any atom is -0.325 e. The molecule has 116 valence electrons. The van der Waals surface area contributed by atoms with Crippen molar-refractivity contribution < 1.29 is 4.79 Å². The van der Waals surface area contributed by atoms with Crippen LogP contribution in [0.15, 0.2) is 46.1 Å². The van der Waals surface area contributed by atoms with Crippen LogP contribution in [0, 0.1) is 0 Å². The number of benzene rings is 1. The van der Waals surface area contributed by atoms with Gasteiger partial charge in [-0.3, -0.25) is 19.1 Å². The minimum atomic E-state index is -0.602. The van der Waals surface area contributed by atoms with E-state index in [-0.39, 0.29) is 12.5 Å². The number of carbonyl (C=O) groups is 1. The van der Waals surface area contributed by atoms with Gasteiger partial charge < -0.3 is 5.32 Å². The molecule has 0 aliphatic carbocycles. The monoisotopic (exact) mass is 301 g/mol. The summed E-state index contributed by atoms with van der Waals surface area (Å²) in [6.45, 7) is 4.13. The third-order valence-corrected chi connectivity index (χ3v) is 3.59. The van der Waals surface area contributed by atoms with Gasteiger partial charge in [0.05, 0.1) is 0 Å². The van der Waals surface area contributed by atoms with E-state index < -0.39 is 11.2 Å². The molecule has 0 saturated carbocycles. The highest BCUT2D eigenvalue weighted by Crippen LogP contribution is 2.20. The molecule has 2 aromatic rings. The molecule has 0 radical (unpaired) electrons. The summed E-state index contributed by atoms with van der Waals surface area (Å²) in [4.78, 5) is 36.5. The van der Waals surface area contributed by atoms with Crippen LogP contribution in [0.3, 0.4) is 0 Å². The van der Waals surface area contributed by atoms with Crippen LogP contribution in [0.1, 0.15) is 31.7 Å². The summed E-state index contributed by atoms with van der Waals surface area (Å²) < 4.78 is 1.14. The fourth-order valence-corrected chi connectivity index (χ4v) is 2.05. The molecule has 1 unspecified atom stereocenters. The maximum atomic E-state index is 11.9. The van der Waals surface area contributed by atoms with Gasteiger partial charge in [-0.2, -0.15) is 0 Å². The maximum Gasteiger partial charge on any atom is 0.328 e. The first kappa shape index (κ1) is 15.8. The number of hydrogen-bond acceptors (Lipinski definition) is 3. The lowest BCUT2D eigenvalue weighted by atomic mass is 9.99. The molecule has 0 saturated heterocycles. The zero-order chi connectivity index (χ0) is 16.1. The molecular weight excluding hydrogens is 282 g/mol. The number of anilines is 1. The van der Waals surface area contributed by atoms with E-state index in [2.05, 4.69) is 24.1 Å². The second-order valence-corrected chi connectivity index (χ2v) is 5.22. The average Bonchev–Trinajstić information content (AvgIpc) is 2.50. The van der Waals surface area contributed by atoms with Gasteiger partial charge in [0.1, 0.15) is 6.54 Å². The Hall–Kier alpha value is -2.63. The Morgan fingerprint density at radius 2 is 1.91 bits per heavy atom. The predicted octanol–water partition coefficient (Wildman–Crippen LogP) is 1.69. The lowest BCUT2D eigenvalue weighted by molar-refractivity contribution is -0.116. The fourth-order valence-electron chi connectivity index (χ4n) is 2.05. The van der Waals surface area contributed by atoms with Crippen molar-refractivity contribution in [3.8, 4) is 0 Å². The van der Waals surface area contributed by atoms with Crippen molar-refractivity contribution in [3.05, 3.63) is 62.9 Å². The molecule has 2 rings (SSSR count). The number of hydrogen-bond donors (Lipinski definition) is 2. The van der Waals surface area contributed by atoms with Gasteiger partial charge >= 0.3 is 5.69 Å². The summed E-state index contributed by atoms with van der Waals surface area (Å²) in [5.41, 5.74) is 0.809. The smallest absolute Gasteiger partial charge is 0.325 e. The van der Waals surface area contributed by atoms with Crippen LogP contribution in [0.5, 0.6) is 0 Å². The van der Waals surface area contributed by atoms with Gasteiger partial charge in [-0.05, 0) is 30.0 Å². The van der Waals surface area contributed by atoms with Crippen molar-refractivity contribution in [2.45, 2.75) is 32.7 Å². The SMILES string of the molecule is CCC(C)c1ccc(NC(=O)Cn2ccc(=O)[nH]c2=O)cc1. The fraction of sp³-hybridized carbons (Fsp3) is 0.312. The first-order valence-corrected chi connectivity index (χ1v) is 7.19. The normalized spacial score (nSPS) is 11.9. The number of amides is 1. The molecule has 1 amide bonds. The van der Waals surface area contributed by atoms with Crippen LogP contribution < -0.4 is 16.6 Å². The van der Waals surface area contributed by atoms with Crippen molar-refractivity contribution in [3.63, 3.8) is 0 Å². The molecule has 6 heteroatoms. The van der Waals surface area contributed by atoms with Gasteiger partial charge in [0.2, 0.25) is 5.91 Å². The molecule has 22 heavy (non-hydrogen) atoms. The van der Waals surface area contributed by atoms with Gasteiger partial charge in [0.25, 0.3) is 5.56 Å². The second-order valence-electron chi connectivity index (χ2n) is 5.22. The van der Waals surface area contributed by atoms with Crippen LogP contribution in [-0.2, 0) is 11.3 Å². The number of aromatic nitrogens is 2. The van der Waals surface area contributed by atoms with Gasteiger partial charge in [-0.15, -0.1) is 0 Å². The Morgan fingerprint density at radius 1 is 1.23 bits per heavy atom. The van der Waals surface area contributed by atoms with Gasteiger partial charge in [-0.25, -0.2) is 4.79 Å². The van der Waals surface area contributed by atoms with E-state index in [1.807, 2.05) is 24.3 Å². The van der Waals surface area contributed by atoms with Gasteiger partial charge in [-0.1, -0.05) is 26.0 Å². The van der Waals surface area contributed by atoms with Crippen molar-refractivity contribution in [1.82, 2.24) is 9.55 Å². The Bertz CT molecular complexity index is 759. The standard InChI is InChI=1S/C16H19N3O3/c1-3-11(2)12-4-6-13(7-5-12)17-15(21)10-19-9-8-14(20)18-16(19)22/h4-9,11H,3,10H2,1-2H3,(H,17,21)(H,18,20,22). The molecule has 1 atom stereocenters. The van der Waals surface area contributed by atoms with Crippen LogP contribution in [-0.4, -0.2) is 15.5 Å². The van der Waals surface area contributed by atoms with Crippen molar-refractivity contribution in [1.29, 1.82) is 0 Å². The van der Waals surface area contributed by atoms with E-state index in [1.165, 1.54) is 17.8 Å². The molecule has 1 aromatic heterocycles. The van der Waals surface area contributed by atoms with Crippen molar-refractivity contribution in [2.75, 3.05) is 5.32 Å². The summed E-state index contributed by atoms with van der Waals surface area (Å²) in [7, 11) is 0. The van der Waals surface area contributed by atoms with Crippen LogP contribution >= 0.6 is 0 Å². The molecule has 6 nitrogen and oxygen atoms in total. The average molecular weight is 301 g/mol. The number of rotatable bonds is 5. The predicted molar refractivity (Wildman–Crippen MR) is 85.1 cm³/mol. The van der Waals surface area contributed by atoms with Gasteiger partial charge in [0, 0.05) is 18.0 Å². The number of H-pyrrole nitrogens is 1. The summed E-state index contributed by atoms with van der Waals surface area (Å²) in [5, 5.41) is 2.73. The van der Waals surface area contributed by atoms with E-state index in [4.69, 9.17) is 0 Å². The zero-order valence-corrected chi connectivity index (χ0v) is 12.6. The van der Waals surface area contributed by atoms with E-state index in [9.17, 15) is 14.4 Å². The van der Waals surface area contributed by atoms with E-state index in [0.29, 0.717) is 11.6 Å². The molecule has 0 bridgehead atoms. The van der Waals surface area contributed by atoms with Crippen molar-refractivity contribution in [2.24, 2.45) is 0 Å². The minimum absolute atomic E-state index is 0.150. The molecule has 0 fully saturated rings. The molecule has 2 N–H and O–H groups in total. The quantitative estimate of drug-likeness (QED) is 0.881. The third-order valence-electron chi connectivity index (χ3n) is 3.59. The molecule has 1 heterocycles. The Balaban J connectivity index is 2.03.